The minimum Gasteiger partial charge on any atom is -0.314 e. The van der Waals surface area contributed by atoms with E-state index in [9.17, 15) is 0 Å². The fourth-order valence-corrected chi connectivity index (χ4v) is 2.33. The molecule has 0 aliphatic rings. The first-order valence-corrected chi connectivity index (χ1v) is 7.61. The van der Waals surface area contributed by atoms with Crippen molar-refractivity contribution in [2.75, 3.05) is 20.1 Å². The Morgan fingerprint density at radius 1 is 1.11 bits per heavy atom. The average molecular weight is 256 g/mol. The third-order valence-corrected chi connectivity index (χ3v) is 4.31. The van der Waals surface area contributed by atoms with E-state index in [4.69, 9.17) is 0 Å². The first-order valence-electron chi connectivity index (χ1n) is 7.61. The van der Waals surface area contributed by atoms with Gasteiger partial charge >= 0.3 is 0 Å². The van der Waals surface area contributed by atoms with Gasteiger partial charge in [0.15, 0.2) is 0 Å². The number of hydrogen-bond acceptors (Lipinski definition) is 2. The van der Waals surface area contributed by atoms with Crippen LogP contribution in [0.25, 0.3) is 0 Å². The highest BCUT2D eigenvalue weighted by Gasteiger charge is 2.30. The van der Waals surface area contributed by atoms with Gasteiger partial charge in [-0.3, -0.25) is 0 Å². The third-order valence-electron chi connectivity index (χ3n) is 4.31. The molecule has 0 aromatic rings. The van der Waals surface area contributed by atoms with E-state index in [0.29, 0.717) is 17.0 Å². The van der Waals surface area contributed by atoms with Crippen LogP contribution in [0.15, 0.2) is 0 Å². The molecule has 0 aromatic carbocycles. The molecule has 0 bridgehead atoms. The summed E-state index contributed by atoms with van der Waals surface area (Å²) >= 11 is 0. The lowest BCUT2D eigenvalue weighted by Gasteiger charge is -2.42. The topological polar surface area (TPSA) is 15.3 Å². The largest absolute Gasteiger partial charge is 0.314 e. The predicted molar refractivity (Wildman–Crippen MR) is 83.2 cm³/mol. The van der Waals surface area contributed by atoms with Gasteiger partial charge in [0.25, 0.3) is 0 Å². The number of nitrogens with one attached hydrogen (secondary N) is 1. The van der Waals surface area contributed by atoms with E-state index in [-0.39, 0.29) is 0 Å². The fourth-order valence-electron chi connectivity index (χ4n) is 2.33. The molecule has 0 rings (SSSR count). The SMILES string of the molecule is CCCC(C)(CNC(C)C)CN(C)C(C)(C)CC. The van der Waals surface area contributed by atoms with Crippen LogP contribution in [0.2, 0.25) is 0 Å². The lowest BCUT2D eigenvalue weighted by Crippen LogP contribution is -2.49. The van der Waals surface area contributed by atoms with Crippen LogP contribution >= 0.6 is 0 Å². The van der Waals surface area contributed by atoms with Crippen molar-refractivity contribution < 1.29 is 0 Å². The summed E-state index contributed by atoms with van der Waals surface area (Å²) in [6.07, 6.45) is 3.75. The van der Waals surface area contributed by atoms with E-state index in [0.717, 1.165) is 6.54 Å². The van der Waals surface area contributed by atoms with Gasteiger partial charge in [0.05, 0.1) is 0 Å². The Labute approximate surface area is 116 Å². The summed E-state index contributed by atoms with van der Waals surface area (Å²) in [7, 11) is 2.27. The summed E-state index contributed by atoms with van der Waals surface area (Å²) in [6.45, 7) is 18.4. The summed E-state index contributed by atoms with van der Waals surface area (Å²) in [4.78, 5) is 2.53. The zero-order chi connectivity index (χ0) is 14.4. The van der Waals surface area contributed by atoms with E-state index in [2.05, 4.69) is 65.7 Å². The van der Waals surface area contributed by atoms with Gasteiger partial charge in [-0.1, -0.05) is 41.0 Å². The Morgan fingerprint density at radius 3 is 2.06 bits per heavy atom. The molecule has 0 amide bonds. The molecule has 0 saturated carbocycles. The fraction of sp³-hybridized carbons (Fsp3) is 1.00. The molecule has 110 valence electrons. The molecule has 0 aliphatic carbocycles. The molecule has 0 heterocycles. The minimum atomic E-state index is 0.298. The molecule has 0 radical (unpaired) electrons. The van der Waals surface area contributed by atoms with Crippen LogP contribution in [-0.2, 0) is 0 Å². The van der Waals surface area contributed by atoms with Crippen molar-refractivity contribution in [2.45, 2.75) is 79.3 Å². The second-order valence-electron chi connectivity index (χ2n) is 7.12. The molecule has 0 saturated heterocycles. The van der Waals surface area contributed by atoms with Gasteiger partial charge in [-0.05, 0) is 39.2 Å². The van der Waals surface area contributed by atoms with Crippen molar-refractivity contribution in [2.24, 2.45) is 5.41 Å². The van der Waals surface area contributed by atoms with Gasteiger partial charge in [0.2, 0.25) is 0 Å². The highest BCUT2D eigenvalue weighted by atomic mass is 15.2. The van der Waals surface area contributed by atoms with Crippen molar-refractivity contribution in [3.63, 3.8) is 0 Å². The maximum atomic E-state index is 3.62. The second-order valence-corrected chi connectivity index (χ2v) is 7.12. The molecule has 1 unspecified atom stereocenters. The summed E-state index contributed by atoms with van der Waals surface area (Å²) < 4.78 is 0. The highest BCUT2D eigenvalue weighted by Crippen LogP contribution is 2.28. The van der Waals surface area contributed by atoms with Crippen molar-refractivity contribution in [1.29, 1.82) is 0 Å². The average Bonchev–Trinajstić information content (AvgIpc) is 2.26. The number of nitrogens with zero attached hydrogens (tertiary/aromatic N) is 1. The van der Waals surface area contributed by atoms with Gasteiger partial charge < -0.3 is 10.2 Å². The molecule has 0 spiro atoms. The Bertz CT molecular complexity index is 223. The maximum absolute atomic E-state index is 3.62. The lowest BCUT2D eigenvalue weighted by atomic mass is 9.83. The Kier molecular flexibility index (Phi) is 7.46. The summed E-state index contributed by atoms with van der Waals surface area (Å²) in [5, 5.41) is 3.62. The van der Waals surface area contributed by atoms with Crippen molar-refractivity contribution in [3.05, 3.63) is 0 Å². The summed E-state index contributed by atoms with van der Waals surface area (Å²) in [5.41, 5.74) is 0.674. The molecule has 1 atom stereocenters. The normalized spacial score (nSPS) is 16.3. The van der Waals surface area contributed by atoms with Crippen LogP contribution in [0.4, 0.5) is 0 Å². The van der Waals surface area contributed by atoms with E-state index in [1.165, 1.54) is 25.8 Å². The van der Waals surface area contributed by atoms with Gasteiger partial charge in [0.1, 0.15) is 0 Å². The smallest absolute Gasteiger partial charge is 0.0147 e. The Morgan fingerprint density at radius 2 is 1.67 bits per heavy atom. The number of hydrogen-bond donors (Lipinski definition) is 1. The maximum Gasteiger partial charge on any atom is 0.0147 e. The van der Waals surface area contributed by atoms with Crippen molar-refractivity contribution in [3.8, 4) is 0 Å². The zero-order valence-corrected chi connectivity index (χ0v) is 14.1. The van der Waals surface area contributed by atoms with Crippen LogP contribution in [0.5, 0.6) is 0 Å². The van der Waals surface area contributed by atoms with Gasteiger partial charge in [-0.2, -0.15) is 0 Å². The standard InChI is InChI=1S/C16H36N2/c1-9-11-16(7,12-17-14(3)4)13-18(8)15(5,6)10-2/h14,17H,9-13H2,1-8H3. The van der Waals surface area contributed by atoms with Gasteiger partial charge in [-0.15, -0.1) is 0 Å². The Balaban J connectivity index is 4.59. The van der Waals surface area contributed by atoms with Crippen LogP contribution in [0.3, 0.4) is 0 Å². The second kappa shape index (κ2) is 7.49. The quantitative estimate of drug-likeness (QED) is 0.673. The molecular weight excluding hydrogens is 220 g/mol. The van der Waals surface area contributed by atoms with Crippen molar-refractivity contribution in [1.82, 2.24) is 10.2 Å². The van der Waals surface area contributed by atoms with Crippen LogP contribution < -0.4 is 5.32 Å². The molecule has 0 fully saturated rings. The minimum absolute atomic E-state index is 0.298. The van der Waals surface area contributed by atoms with E-state index in [1.54, 1.807) is 0 Å². The van der Waals surface area contributed by atoms with E-state index in [1.807, 2.05) is 0 Å². The molecule has 0 aromatic heterocycles. The van der Waals surface area contributed by atoms with E-state index >= 15 is 0 Å². The van der Waals surface area contributed by atoms with Gasteiger partial charge in [-0.25, -0.2) is 0 Å². The molecule has 18 heavy (non-hydrogen) atoms. The lowest BCUT2D eigenvalue weighted by molar-refractivity contribution is 0.0828. The number of rotatable bonds is 9. The zero-order valence-electron chi connectivity index (χ0n) is 14.1. The molecule has 0 aliphatic heterocycles. The molecule has 1 N–H and O–H groups in total. The van der Waals surface area contributed by atoms with Crippen LogP contribution in [0.1, 0.15) is 67.7 Å². The molecule has 2 nitrogen and oxygen atoms in total. The van der Waals surface area contributed by atoms with Crippen molar-refractivity contribution >= 4 is 0 Å². The van der Waals surface area contributed by atoms with Gasteiger partial charge in [0, 0.05) is 24.7 Å². The monoisotopic (exact) mass is 256 g/mol. The predicted octanol–water partition coefficient (Wildman–Crippen LogP) is 3.91. The molecular formula is C16H36N2. The highest BCUT2D eigenvalue weighted by molar-refractivity contribution is 4.86. The summed E-state index contributed by atoms with van der Waals surface area (Å²) in [5.74, 6) is 0. The summed E-state index contributed by atoms with van der Waals surface area (Å²) in [6, 6.07) is 0.575. The third kappa shape index (κ3) is 6.19. The molecule has 2 heteroatoms. The first-order chi connectivity index (χ1) is 8.17. The Hall–Kier alpha value is -0.0800. The first kappa shape index (κ1) is 17.9. The van der Waals surface area contributed by atoms with Crippen LogP contribution in [-0.4, -0.2) is 36.6 Å². The van der Waals surface area contributed by atoms with E-state index < -0.39 is 0 Å². The van der Waals surface area contributed by atoms with Crippen LogP contribution in [0, 0.1) is 5.41 Å².